The molecule has 1 aliphatic carbocycles. The van der Waals surface area contributed by atoms with Crippen molar-refractivity contribution in [3.8, 4) is 0 Å². The third kappa shape index (κ3) is 1.29. The van der Waals surface area contributed by atoms with Crippen LogP contribution in [-0.2, 0) is 18.4 Å². The van der Waals surface area contributed by atoms with Crippen LogP contribution in [0, 0.1) is 0 Å². The molecule has 2 heteroatoms. The molecule has 0 saturated carbocycles. The molecule has 0 spiro atoms. The number of hydrogen-bond acceptors (Lipinski definition) is 2. The number of aliphatic hydroxyl groups is 1. The SMILES string of the molecule is OC1(c2ccco2)Cc2ccccc2C1. The standard InChI is InChI=1S/C13H12O2/c14-13(12-6-3-7-15-12)8-10-4-1-2-5-11(10)9-13/h1-7,14H,8-9H2. The first-order valence-corrected chi connectivity index (χ1v) is 5.11. The highest BCUT2D eigenvalue weighted by Crippen LogP contribution is 2.37. The highest BCUT2D eigenvalue weighted by molar-refractivity contribution is 5.37. The molecule has 1 N–H and O–H groups in total. The second-order valence-electron chi connectivity index (χ2n) is 4.13. The van der Waals surface area contributed by atoms with Crippen molar-refractivity contribution in [3.63, 3.8) is 0 Å². The topological polar surface area (TPSA) is 33.4 Å². The highest BCUT2D eigenvalue weighted by atomic mass is 16.4. The van der Waals surface area contributed by atoms with E-state index in [4.69, 9.17) is 4.42 Å². The molecule has 3 rings (SSSR count). The molecule has 2 nitrogen and oxygen atoms in total. The normalized spacial score (nSPS) is 17.7. The van der Waals surface area contributed by atoms with E-state index in [1.54, 1.807) is 6.26 Å². The van der Waals surface area contributed by atoms with Crippen LogP contribution >= 0.6 is 0 Å². The summed E-state index contributed by atoms with van der Waals surface area (Å²) < 4.78 is 5.30. The summed E-state index contributed by atoms with van der Waals surface area (Å²) in [6.45, 7) is 0. The zero-order chi connectivity index (χ0) is 10.3. The minimum Gasteiger partial charge on any atom is -0.466 e. The fraction of sp³-hybridized carbons (Fsp3) is 0.231. The van der Waals surface area contributed by atoms with E-state index in [2.05, 4.69) is 12.1 Å². The molecule has 76 valence electrons. The van der Waals surface area contributed by atoms with Crippen LogP contribution in [0.4, 0.5) is 0 Å². The van der Waals surface area contributed by atoms with E-state index in [0.717, 1.165) is 0 Å². The molecule has 0 bridgehead atoms. The van der Waals surface area contributed by atoms with Crippen LogP contribution < -0.4 is 0 Å². The number of rotatable bonds is 1. The maximum atomic E-state index is 10.5. The lowest BCUT2D eigenvalue weighted by Gasteiger charge is -2.18. The first-order chi connectivity index (χ1) is 7.28. The van der Waals surface area contributed by atoms with Crippen molar-refractivity contribution in [2.75, 3.05) is 0 Å². The summed E-state index contributed by atoms with van der Waals surface area (Å²) in [5.41, 5.74) is 1.60. The molecular weight excluding hydrogens is 188 g/mol. The Kier molecular flexibility index (Phi) is 1.73. The number of furan rings is 1. The molecular formula is C13H12O2. The molecule has 0 radical (unpaired) electrons. The van der Waals surface area contributed by atoms with E-state index in [-0.39, 0.29) is 0 Å². The van der Waals surface area contributed by atoms with Crippen LogP contribution in [0.25, 0.3) is 0 Å². The first kappa shape index (κ1) is 8.74. The van der Waals surface area contributed by atoms with Gasteiger partial charge in [0, 0.05) is 12.8 Å². The molecule has 0 fully saturated rings. The predicted octanol–water partition coefficient (Wildman–Crippen LogP) is 2.27. The molecule has 0 atom stereocenters. The van der Waals surface area contributed by atoms with E-state index < -0.39 is 5.60 Å². The van der Waals surface area contributed by atoms with Gasteiger partial charge < -0.3 is 9.52 Å². The van der Waals surface area contributed by atoms with Crippen molar-refractivity contribution < 1.29 is 9.52 Å². The molecule has 15 heavy (non-hydrogen) atoms. The molecule has 0 saturated heterocycles. The maximum Gasteiger partial charge on any atom is 0.136 e. The highest BCUT2D eigenvalue weighted by Gasteiger charge is 2.38. The summed E-state index contributed by atoms with van der Waals surface area (Å²) in [6.07, 6.45) is 2.91. The van der Waals surface area contributed by atoms with E-state index in [1.165, 1.54) is 11.1 Å². The average Bonchev–Trinajstić information content (AvgIpc) is 2.83. The lowest BCUT2D eigenvalue weighted by atomic mass is 9.97. The number of benzene rings is 1. The largest absolute Gasteiger partial charge is 0.466 e. The van der Waals surface area contributed by atoms with Crippen LogP contribution in [0.2, 0.25) is 0 Å². The van der Waals surface area contributed by atoms with Gasteiger partial charge in [-0.05, 0) is 23.3 Å². The van der Waals surface area contributed by atoms with Gasteiger partial charge >= 0.3 is 0 Å². The monoisotopic (exact) mass is 200 g/mol. The van der Waals surface area contributed by atoms with Gasteiger partial charge in [0.2, 0.25) is 0 Å². The predicted molar refractivity (Wildman–Crippen MR) is 56.5 cm³/mol. The van der Waals surface area contributed by atoms with E-state index in [1.807, 2.05) is 24.3 Å². The zero-order valence-electron chi connectivity index (χ0n) is 8.31. The fourth-order valence-corrected chi connectivity index (χ4v) is 2.31. The van der Waals surface area contributed by atoms with E-state index in [9.17, 15) is 5.11 Å². The Morgan fingerprint density at radius 3 is 2.20 bits per heavy atom. The molecule has 0 amide bonds. The summed E-state index contributed by atoms with van der Waals surface area (Å²) in [6, 6.07) is 11.8. The van der Waals surface area contributed by atoms with Gasteiger partial charge in [-0.3, -0.25) is 0 Å². The quantitative estimate of drug-likeness (QED) is 0.766. The second kappa shape index (κ2) is 2.97. The Balaban J connectivity index is 2.01. The molecule has 0 aliphatic heterocycles. The third-order valence-electron chi connectivity index (χ3n) is 3.06. The van der Waals surface area contributed by atoms with Crippen molar-refractivity contribution in [3.05, 3.63) is 59.5 Å². The van der Waals surface area contributed by atoms with Crippen molar-refractivity contribution in [2.24, 2.45) is 0 Å². The summed E-state index contributed by atoms with van der Waals surface area (Å²) in [5, 5.41) is 10.5. The van der Waals surface area contributed by atoms with Gasteiger partial charge in [0.15, 0.2) is 0 Å². The molecule has 1 aromatic carbocycles. The minimum atomic E-state index is -0.840. The van der Waals surface area contributed by atoms with Gasteiger partial charge in [0.1, 0.15) is 11.4 Å². The van der Waals surface area contributed by atoms with Crippen molar-refractivity contribution in [1.82, 2.24) is 0 Å². The molecule has 1 aromatic heterocycles. The van der Waals surface area contributed by atoms with Crippen LogP contribution in [0.5, 0.6) is 0 Å². The van der Waals surface area contributed by atoms with Crippen LogP contribution in [0.3, 0.4) is 0 Å². The van der Waals surface area contributed by atoms with Crippen molar-refractivity contribution >= 4 is 0 Å². The Morgan fingerprint density at radius 2 is 1.67 bits per heavy atom. The van der Waals surface area contributed by atoms with Gasteiger partial charge in [-0.1, -0.05) is 24.3 Å². The summed E-state index contributed by atoms with van der Waals surface area (Å²) in [7, 11) is 0. The van der Waals surface area contributed by atoms with Crippen LogP contribution in [0.15, 0.2) is 47.1 Å². The van der Waals surface area contributed by atoms with Gasteiger partial charge in [-0.2, -0.15) is 0 Å². The lowest BCUT2D eigenvalue weighted by molar-refractivity contribution is 0.0255. The Bertz CT molecular complexity index is 446. The Hall–Kier alpha value is -1.54. The molecule has 2 aromatic rings. The maximum absolute atomic E-state index is 10.5. The summed E-state index contributed by atoms with van der Waals surface area (Å²) >= 11 is 0. The summed E-state index contributed by atoms with van der Waals surface area (Å²) in [4.78, 5) is 0. The third-order valence-corrected chi connectivity index (χ3v) is 3.06. The van der Waals surface area contributed by atoms with E-state index >= 15 is 0 Å². The smallest absolute Gasteiger partial charge is 0.136 e. The van der Waals surface area contributed by atoms with Gasteiger partial charge in [0.25, 0.3) is 0 Å². The molecule has 1 aliphatic rings. The minimum absolute atomic E-state index is 0.649. The van der Waals surface area contributed by atoms with Crippen molar-refractivity contribution in [2.45, 2.75) is 18.4 Å². The summed E-state index contributed by atoms with van der Waals surface area (Å²) in [5.74, 6) is 0.665. The molecule has 0 unspecified atom stereocenters. The Labute approximate surface area is 88.2 Å². The zero-order valence-corrected chi connectivity index (χ0v) is 8.31. The first-order valence-electron chi connectivity index (χ1n) is 5.11. The van der Waals surface area contributed by atoms with Gasteiger partial charge in [-0.15, -0.1) is 0 Å². The molecule has 1 heterocycles. The van der Waals surface area contributed by atoms with E-state index in [0.29, 0.717) is 18.6 Å². The number of fused-ring (bicyclic) bond motifs is 1. The van der Waals surface area contributed by atoms with Crippen LogP contribution in [0.1, 0.15) is 16.9 Å². The average molecular weight is 200 g/mol. The lowest BCUT2D eigenvalue weighted by Crippen LogP contribution is -2.25. The van der Waals surface area contributed by atoms with Crippen LogP contribution in [-0.4, -0.2) is 5.11 Å². The Morgan fingerprint density at radius 1 is 1.00 bits per heavy atom. The van der Waals surface area contributed by atoms with Gasteiger partial charge in [-0.25, -0.2) is 0 Å². The second-order valence-corrected chi connectivity index (χ2v) is 4.13. The van der Waals surface area contributed by atoms with Gasteiger partial charge in [0.05, 0.1) is 6.26 Å². The number of hydrogen-bond donors (Lipinski definition) is 1. The van der Waals surface area contributed by atoms with Crippen molar-refractivity contribution in [1.29, 1.82) is 0 Å². The fourth-order valence-electron chi connectivity index (χ4n) is 2.31.